The Morgan fingerprint density at radius 2 is 2.53 bits per heavy atom. The van der Waals surface area contributed by atoms with Crippen LogP contribution in [-0.2, 0) is 14.4 Å². The lowest BCUT2D eigenvalue weighted by atomic mass is 10.3. The molecule has 1 fully saturated rings. The number of nitrogens with zero attached hydrogens (tertiary/aromatic N) is 1. The molecule has 0 unspecified atom stereocenters. The number of alkyl carbamates (subject to hydrolysis) is 1. The minimum Gasteiger partial charge on any atom is -0.447 e. The van der Waals surface area contributed by atoms with Crippen LogP contribution < -0.4 is 10.6 Å². The van der Waals surface area contributed by atoms with E-state index in [1.54, 1.807) is 0 Å². The summed E-state index contributed by atoms with van der Waals surface area (Å²) in [4.78, 5) is 35.5. The highest BCUT2D eigenvalue weighted by Gasteiger charge is 2.28. The molecule has 84 valence electrons. The number of carbonyl (C=O) groups excluding carboxylic acids is 2. The average Bonchev–Trinajstić information content (AvgIpc) is 2.59. The third kappa shape index (κ3) is 3.67. The van der Waals surface area contributed by atoms with E-state index < -0.39 is 23.1 Å². The van der Waals surface area contributed by atoms with Crippen LogP contribution in [0.5, 0.6) is 0 Å². The predicted octanol–water partition coefficient (Wildman–Crippen LogP) is -1.58. The molecule has 1 saturated heterocycles. The molecule has 1 aliphatic rings. The Bertz CT molecular complexity index is 280. The number of hydrogen-bond acceptors (Lipinski definition) is 6. The Kier molecular flexibility index (Phi) is 3.66. The fourth-order valence-corrected chi connectivity index (χ4v) is 0.943. The molecule has 0 saturated carbocycles. The van der Waals surface area contributed by atoms with Crippen molar-refractivity contribution in [1.82, 2.24) is 10.6 Å². The first-order valence-corrected chi connectivity index (χ1v) is 4.08. The van der Waals surface area contributed by atoms with Crippen LogP contribution in [0.1, 0.15) is 0 Å². The van der Waals surface area contributed by atoms with Gasteiger partial charge in [0.1, 0.15) is 19.3 Å². The SMILES string of the molecule is O=C1N[C@@H](C(=O)NCCO[N+](=O)[O-])CO1. The van der Waals surface area contributed by atoms with Gasteiger partial charge in [-0.1, -0.05) is 0 Å². The summed E-state index contributed by atoms with van der Waals surface area (Å²) < 4.78 is 4.48. The monoisotopic (exact) mass is 219 g/mol. The van der Waals surface area contributed by atoms with Gasteiger partial charge >= 0.3 is 6.09 Å². The van der Waals surface area contributed by atoms with Crippen molar-refractivity contribution in [2.45, 2.75) is 6.04 Å². The number of amides is 2. The second-order valence-corrected chi connectivity index (χ2v) is 2.64. The molecule has 1 heterocycles. The van der Waals surface area contributed by atoms with Crippen molar-refractivity contribution in [3.05, 3.63) is 10.1 Å². The molecule has 9 heteroatoms. The van der Waals surface area contributed by atoms with E-state index in [1.807, 2.05) is 0 Å². The van der Waals surface area contributed by atoms with Crippen LogP contribution in [0, 0.1) is 10.1 Å². The van der Waals surface area contributed by atoms with Crippen molar-refractivity contribution < 1.29 is 24.3 Å². The normalized spacial score (nSPS) is 18.9. The number of ether oxygens (including phenoxy) is 1. The van der Waals surface area contributed by atoms with Crippen molar-refractivity contribution in [2.24, 2.45) is 0 Å². The summed E-state index contributed by atoms with van der Waals surface area (Å²) in [6.07, 6.45) is -0.656. The third-order valence-corrected chi connectivity index (χ3v) is 1.59. The van der Waals surface area contributed by atoms with Crippen LogP contribution in [0.15, 0.2) is 0 Å². The first-order valence-electron chi connectivity index (χ1n) is 4.08. The van der Waals surface area contributed by atoms with Gasteiger partial charge in [0, 0.05) is 6.54 Å². The zero-order chi connectivity index (χ0) is 11.3. The van der Waals surface area contributed by atoms with Crippen molar-refractivity contribution in [3.63, 3.8) is 0 Å². The molecular formula is C6H9N3O6. The van der Waals surface area contributed by atoms with Gasteiger partial charge in [0.05, 0.1) is 0 Å². The second-order valence-electron chi connectivity index (χ2n) is 2.64. The Morgan fingerprint density at radius 1 is 1.80 bits per heavy atom. The van der Waals surface area contributed by atoms with E-state index in [1.165, 1.54) is 0 Å². The Hall–Kier alpha value is -2.06. The van der Waals surface area contributed by atoms with Gasteiger partial charge in [-0.15, -0.1) is 10.1 Å². The Balaban J connectivity index is 2.13. The van der Waals surface area contributed by atoms with E-state index in [2.05, 4.69) is 20.2 Å². The van der Waals surface area contributed by atoms with Crippen LogP contribution in [0.4, 0.5) is 4.79 Å². The van der Waals surface area contributed by atoms with E-state index in [9.17, 15) is 19.7 Å². The topological polar surface area (TPSA) is 120 Å². The van der Waals surface area contributed by atoms with Gasteiger partial charge in [-0.2, -0.15) is 0 Å². The molecule has 0 spiro atoms. The van der Waals surface area contributed by atoms with Crippen molar-refractivity contribution >= 4 is 12.0 Å². The largest absolute Gasteiger partial charge is 0.447 e. The standard InChI is InChI=1S/C6H9N3O6/c10-5(4-3-14-6(11)8-4)7-1-2-15-9(12)13/h4H,1-3H2,(H,7,10)(H,8,11)/t4-/m1/s1. The molecule has 1 aliphatic heterocycles. The summed E-state index contributed by atoms with van der Waals surface area (Å²) in [5.41, 5.74) is 0. The van der Waals surface area contributed by atoms with Crippen molar-refractivity contribution in [2.75, 3.05) is 19.8 Å². The molecule has 9 nitrogen and oxygen atoms in total. The van der Waals surface area contributed by atoms with Crippen molar-refractivity contribution in [1.29, 1.82) is 0 Å². The molecule has 1 atom stereocenters. The Morgan fingerprint density at radius 3 is 3.07 bits per heavy atom. The number of nitrogens with one attached hydrogen (secondary N) is 2. The summed E-state index contributed by atoms with van der Waals surface area (Å²) in [6, 6.07) is -0.742. The maximum atomic E-state index is 11.2. The Labute approximate surface area is 83.8 Å². The van der Waals surface area contributed by atoms with Crippen LogP contribution in [0.25, 0.3) is 0 Å². The number of carbonyl (C=O) groups is 2. The van der Waals surface area contributed by atoms with Gasteiger partial charge in [-0.25, -0.2) is 4.79 Å². The van der Waals surface area contributed by atoms with Crippen LogP contribution in [0.3, 0.4) is 0 Å². The number of rotatable bonds is 5. The summed E-state index contributed by atoms with van der Waals surface area (Å²) in [6.45, 7) is -0.285. The highest BCUT2D eigenvalue weighted by molar-refractivity contribution is 5.87. The molecule has 2 N–H and O–H groups in total. The van der Waals surface area contributed by atoms with Gasteiger partial charge in [-0.05, 0) is 0 Å². The zero-order valence-corrected chi connectivity index (χ0v) is 7.60. The summed E-state index contributed by atoms with van der Waals surface area (Å²) in [5.74, 6) is -0.465. The number of hydrogen-bond donors (Lipinski definition) is 2. The quantitative estimate of drug-likeness (QED) is 0.327. The van der Waals surface area contributed by atoms with Crippen LogP contribution in [0.2, 0.25) is 0 Å². The van der Waals surface area contributed by atoms with E-state index in [0.29, 0.717) is 0 Å². The fourth-order valence-electron chi connectivity index (χ4n) is 0.943. The lowest BCUT2D eigenvalue weighted by molar-refractivity contribution is -0.757. The summed E-state index contributed by atoms with van der Waals surface area (Å²) >= 11 is 0. The highest BCUT2D eigenvalue weighted by Crippen LogP contribution is 1.96. The summed E-state index contributed by atoms with van der Waals surface area (Å²) in [7, 11) is 0. The summed E-state index contributed by atoms with van der Waals surface area (Å²) in [5, 5.41) is 13.4. The second kappa shape index (κ2) is 4.98. The highest BCUT2D eigenvalue weighted by atomic mass is 16.9. The van der Waals surface area contributed by atoms with Crippen LogP contribution in [-0.4, -0.2) is 42.9 Å². The van der Waals surface area contributed by atoms with E-state index in [4.69, 9.17) is 0 Å². The number of cyclic esters (lactones) is 1. The smallest absolute Gasteiger partial charge is 0.407 e. The minimum absolute atomic E-state index is 0.00775. The van der Waals surface area contributed by atoms with E-state index >= 15 is 0 Å². The average molecular weight is 219 g/mol. The van der Waals surface area contributed by atoms with E-state index in [-0.39, 0.29) is 19.8 Å². The first-order chi connectivity index (χ1) is 7.09. The fraction of sp³-hybridized carbons (Fsp3) is 0.667. The lowest BCUT2D eigenvalue weighted by Crippen LogP contribution is -2.43. The van der Waals surface area contributed by atoms with Gasteiger partial charge in [-0.3, -0.25) is 4.79 Å². The molecule has 0 aliphatic carbocycles. The lowest BCUT2D eigenvalue weighted by Gasteiger charge is -2.07. The molecule has 0 bridgehead atoms. The maximum absolute atomic E-state index is 11.2. The van der Waals surface area contributed by atoms with Gasteiger partial charge in [0.15, 0.2) is 0 Å². The molecule has 15 heavy (non-hydrogen) atoms. The van der Waals surface area contributed by atoms with Crippen molar-refractivity contribution in [3.8, 4) is 0 Å². The first kappa shape index (κ1) is 11.0. The predicted molar refractivity (Wildman–Crippen MR) is 44.2 cm³/mol. The van der Waals surface area contributed by atoms with Crippen LogP contribution >= 0.6 is 0 Å². The zero-order valence-electron chi connectivity index (χ0n) is 7.60. The molecule has 0 aromatic carbocycles. The molecule has 2 amide bonds. The molecular weight excluding hydrogens is 210 g/mol. The molecule has 0 aromatic heterocycles. The minimum atomic E-state index is -0.952. The van der Waals surface area contributed by atoms with Gasteiger partial charge in [0.25, 0.3) is 5.09 Å². The van der Waals surface area contributed by atoms with Gasteiger partial charge < -0.3 is 20.2 Å². The molecule has 0 radical (unpaired) electrons. The molecule has 1 rings (SSSR count). The maximum Gasteiger partial charge on any atom is 0.407 e. The van der Waals surface area contributed by atoms with E-state index in [0.717, 1.165) is 0 Å². The third-order valence-electron chi connectivity index (χ3n) is 1.59. The van der Waals surface area contributed by atoms with Gasteiger partial charge in [0.2, 0.25) is 5.91 Å². The molecule has 0 aromatic rings.